The van der Waals surface area contributed by atoms with Gasteiger partial charge in [0.15, 0.2) is 11.6 Å². The van der Waals surface area contributed by atoms with Crippen LogP contribution in [0.4, 0.5) is 14.5 Å². The standard InChI is InChI=1S/C11H15F2NO/c1-3-15-7-8(2)14-10-6-4-5-9(12)11(10)13/h4-6,8,14H,3,7H2,1-2H3. The Bertz CT molecular complexity index is 317. The summed E-state index contributed by atoms with van der Waals surface area (Å²) in [6.07, 6.45) is 0. The van der Waals surface area contributed by atoms with E-state index >= 15 is 0 Å². The van der Waals surface area contributed by atoms with Gasteiger partial charge < -0.3 is 10.1 Å². The van der Waals surface area contributed by atoms with Gasteiger partial charge in [0.25, 0.3) is 0 Å². The van der Waals surface area contributed by atoms with Crippen molar-refractivity contribution in [2.75, 3.05) is 18.5 Å². The second-order valence-electron chi connectivity index (χ2n) is 3.31. The first-order valence-electron chi connectivity index (χ1n) is 4.93. The summed E-state index contributed by atoms with van der Waals surface area (Å²) in [6.45, 7) is 4.81. The maximum absolute atomic E-state index is 13.2. The summed E-state index contributed by atoms with van der Waals surface area (Å²) in [6, 6.07) is 4.00. The minimum absolute atomic E-state index is 0.0544. The van der Waals surface area contributed by atoms with Crippen LogP contribution in [0.1, 0.15) is 13.8 Å². The third kappa shape index (κ3) is 3.47. The van der Waals surface area contributed by atoms with Crippen LogP contribution < -0.4 is 5.32 Å². The smallest absolute Gasteiger partial charge is 0.181 e. The summed E-state index contributed by atoms with van der Waals surface area (Å²) in [4.78, 5) is 0. The van der Waals surface area contributed by atoms with Gasteiger partial charge >= 0.3 is 0 Å². The zero-order valence-electron chi connectivity index (χ0n) is 8.89. The molecule has 0 aliphatic heterocycles. The van der Waals surface area contributed by atoms with Gasteiger partial charge in [0.2, 0.25) is 0 Å². The van der Waals surface area contributed by atoms with Gasteiger partial charge in [-0.3, -0.25) is 0 Å². The van der Waals surface area contributed by atoms with Gasteiger partial charge in [0.05, 0.1) is 12.3 Å². The van der Waals surface area contributed by atoms with Crippen molar-refractivity contribution in [2.24, 2.45) is 0 Å². The highest BCUT2D eigenvalue weighted by Crippen LogP contribution is 2.17. The van der Waals surface area contributed by atoms with Crippen molar-refractivity contribution in [1.29, 1.82) is 0 Å². The van der Waals surface area contributed by atoms with Crippen LogP contribution in [0.3, 0.4) is 0 Å². The average molecular weight is 215 g/mol. The minimum atomic E-state index is -0.846. The lowest BCUT2D eigenvalue weighted by molar-refractivity contribution is 0.141. The Balaban J connectivity index is 2.60. The highest BCUT2D eigenvalue weighted by Gasteiger charge is 2.09. The Morgan fingerprint density at radius 3 is 2.80 bits per heavy atom. The number of hydrogen-bond donors (Lipinski definition) is 1. The molecular weight excluding hydrogens is 200 g/mol. The molecule has 0 heterocycles. The lowest BCUT2D eigenvalue weighted by Crippen LogP contribution is -2.22. The normalized spacial score (nSPS) is 12.5. The first-order chi connectivity index (χ1) is 7.15. The quantitative estimate of drug-likeness (QED) is 0.815. The monoisotopic (exact) mass is 215 g/mol. The number of ether oxygens (including phenoxy) is 1. The third-order valence-electron chi connectivity index (χ3n) is 1.93. The van der Waals surface area contributed by atoms with Gasteiger partial charge in [0, 0.05) is 12.6 Å². The Kier molecular flexibility index (Phi) is 4.49. The van der Waals surface area contributed by atoms with E-state index in [-0.39, 0.29) is 11.7 Å². The van der Waals surface area contributed by atoms with E-state index in [1.807, 2.05) is 13.8 Å². The zero-order valence-corrected chi connectivity index (χ0v) is 8.89. The highest BCUT2D eigenvalue weighted by atomic mass is 19.2. The molecule has 84 valence electrons. The molecule has 1 unspecified atom stereocenters. The van der Waals surface area contributed by atoms with Crippen LogP contribution in [0.15, 0.2) is 18.2 Å². The van der Waals surface area contributed by atoms with Crippen LogP contribution in [0.2, 0.25) is 0 Å². The van der Waals surface area contributed by atoms with Crippen molar-refractivity contribution in [1.82, 2.24) is 0 Å². The highest BCUT2D eigenvalue weighted by molar-refractivity contribution is 5.45. The van der Waals surface area contributed by atoms with E-state index in [0.29, 0.717) is 13.2 Å². The topological polar surface area (TPSA) is 21.3 Å². The molecule has 1 aromatic carbocycles. The first-order valence-corrected chi connectivity index (χ1v) is 4.93. The van der Waals surface area contributed by atoms with Crippen LogP contribution in [0.5, 0.6) is 0 Å². The number of anilines is 1. The second-order valence-corrected chi connectivity index (χ2v) is 3.31. The van der Waals surface area contributed by atoms with Gasteiger partial charge in [-0.05, 0) is 26.0 Å². The Labute approximate surface area is 88.3 Å². The van der Waals surface area contributed by atoms with Crippen LogP contribution in [-0.2, 0) is 4.74 Å². The van der Waals surface area contributed by atoms with Gasteiger partial charge in [-0.25, -0.2) is 8.78 Å². The molecule has 1 atom stereocenters. The second kappa shape index (κ2) is 5.66. The van der Waals surface area contributed by atoms with E-state index in [1.54, 1.807) is 0 Å². The van der Waals surface area contributed by atoms with E-state index in [1.165, 1.54) is 12.1 Å². The fourth-order valence-electron chi connectivity index (χ4n) is 1.22. The minimum Gasteiger partial charge on any atom is -0.380 e. The van der Waals surface area contributed by atoms with Crippen LogP contribution >= 0.6 is 0 Å². The Morgan fingerprint density at radius 1 is 1.40 bits per heavy atom. The maximum atomic E-state index is 13.2. The van der Waals surface area contributed by atoms with Crippen molar-refractivity contribution in [3.8, 4) is 0 Å². The van der Waals surface area contributed by atoms with E-state index in [4.69, 9.17) is 4.74 Å². The van der Waals surface area contributed by atoms with Crippen LogP contribution in [0.25, 0.3) is 0 Å². The molecule has 15 heavy (non-hydrogen) atoms. The molecule has 0 aliphatic rings. The number of hydrogen-bond acceptors (Lipinski definition) is 2. The molecule has 0 bridgehead atoms. The number of nitrogens with one attached hydrogen (secondary N) is 1. The molecule has 0 radical (unpaired) electrons. The summed E-state index contributed by atoms with van der Waals surface area (Å²) < 4.78 is 31.2. The SMILES string of the molecule is CCOCC(C)Nc1cccc(F)c1F. The van der Waals surface area contributed by atoms with Crippen molar-refractivity contribution in [3.63, 3.8) is 0 Å². The lowest BCUT2D eigenvalue weighted by Gasteiger charge is -2.15. The van der Waals surface area contributed by atoms with Crippen LogP contribution in [-0.4, -0.2) is 19.3 Å². The number of rotatable bonds is 5. The Hall–Kier alpha value is -1.16. The number of halogens is 2. The van der Waals surface area contributed by atoms with Crippen LogP contribution in [0, 0.1) is 11.6 Å². The Morgan fingerprint density at radius 2 is 2.13 bits per heavy atom. The summed E-state index contributed by atoms with van der Waals surface area (Å²) >= 11 is 0. The van der Waals surface area contributed by atoms with E-state index in [0.717, 1.165) is 6.07 Å². The fraction of sp³-hybridized carbons (Fsp3) is 0.455. The molecule has 4 heteroatoms. The molecule has 0 amide bonds. The molecule has 0 saturated carbocycles. The molecule has 0 aliphatic carbocycles. The average Bonchev–Trinajstić information content (AvgIpc) is 2.22. The summed E-state index contributed by atoms with van der Waals surface area (Å²) in [5.74, 6) is -1.69. The first kappa shape index (κ1) is 11.9. The molecule has 1 rings (SSSR count). The van der Waals surface area contributed by atoms with Crippen molar-refractivity contribution in [2.45, 2.75) is 19.9 Å². The summed E-state index contributed by atoms with van der Waals surface area (Å²) in [5, 5.41) is 2.85. The summed E-state index contributed by atoms with van der Waals surface area (Å²) in [5.41, 5.74) is 0.169. The van der Waals surface area contributed by atoms with E-state index < -0.39 is 11.6 Å². The molecule has 0 saturated heterocycles. The van der Waals surface area contributed by atoms with Gasteiger partial charge in [-0.2, -0.15) is 0 Å². The zero-order chi connectivity index (χ0) is 11.3. The van der Waals surface area contributed by atoms with Crippen molar-refractivity contribution >= 4 is 5.69 Å². The van der Waals surface area contributed by atoms with Crippen molar-refractivity contribution < 1.29 is 13.5 Å². The van der Waals surface area contributed by atoms with Gasteiger partial charge in [0.1, 0.15) is 0 Å². The molecule has 0 fully saturated rings. The predicted molar refractivity (Wildman–Crippen MR) is 55.9 cm³/mol. The molecule has 2 nitrogen and oxygen atoms in total. The van der Waals surface area contributed by atoms with Gasteiger partial charge in [-0.1, -0.05) is 6.07 Å². The molecular formula is C11H15F2NO. The summed E-state index contributed by atoms with van der Waals surface area (Å²) in [7, 11) is 0. The molecule has 0 spiro atoms. The van der Waals surface area contributed by atoms with E-state index in [9.17, 15) is 8.78 Å². The maximum Gasteiger partial charge on any atom is 0.181 e. The number of benzene rings is 1. The van der Waals surface area contributed by atoms with Gasteiger partial charge in [-0.15, -0.1) is 0 Å². The largest absolute Gasteiger partial charge is 0.380 e. The molecule has 1 aromatic rings. The third-order valence-corrected chi connectivity index (χ3v) is 1.93. The van der Waals surface area contributed by atoms with E-state index in [2.05, 4.69) is 5.32 Å². The molecule has 0 aromatic heterocycles. The fourth-order valence-corrected chi connectivity index (χ4v) is 1.22. The van der Waals surface area contributed by atoms with Crippen molar-refractivity contribution in [3.05, 3.63) is 29.8 Å². The lowest BCUT2D eigenvalue weighted by atomic mass is 10.2. The predicted octanol–water partition coefficient (Wildman–Crippen LogP) is 2.80. The molecule has 1 N–H and O–H groups in total.